The first-order chi connectivity index (χ1) is 14.2. The van der Waals surface area contributed by atoms with Crippen LogP contribution in [0.5, 0.6) is 0 Å². The number of aromatic nitrogens is 2. The van der Waals surface area contributed by atoms with Gasteiger partial charge in [-0.2, -0.15) is 0 Å². The standard InChI is InChI=1S/C23H18BrN3OS/c24-18-10-6-9-17(13-18)23-26-19(15-29-23)14-21(28)27-22(16-7-2-1-3-8-16)20-11-4-5-12-25-20/h1-13,15,22H,14H2,(H,27,28). The van der Waals surface area contributed by atoms with Crippen molar-refractivity contribution in [3.63, 3.8) is 0 Å². The molecule has 0 radical (unpaired) electrons. The summed E-state index contributed by atoms with van der Waals surface area (Å²) in [6.45, 7) is 0. The van der Waals surface area contributed by atoms with Crippen LogP contribution < -0.4 is 5.32 Å². The highest BCUT2D eigenvalue weighted by atomic mass is 79.9. The molecule has 0 spiro atoms. The van der Waals surface area contributed by atoms with Gasteiger partial charge in [-0.05, 0) is 29.8 Å². The van der Waals surface area contributed by atoms with E-state index in [4.69, 9.17) is 0 Å². The second-order valence-corrected chi connectivity index (χ2v) is 8.27. The molecule has 2 aromatic heterocycles. The van der Waals surface area contributed by atoms with E-state index >= 15 is 0 Å². The Morgan fingerprint density at radius 3 is 2.62 bits per heavy atom. The number of thiazole rings is 1. The molecule has 0 aliphatic heterocycles. The van der Waals surface area contributed by atoms with Gasteiger partial charge < -0.3 is 5.32 Å². The van der Waals surface area contributed by atoms with Crippen molar-refractivity contribution < 1.29 is 4.79 Å². The van der Waals surface area contributed by atoms with E-state index in [0.29, 0.717) is 0 Å². The maximum Gasteiger partial charge on any atom is 0.226 e. The maximum absolute atomic E-state index is 12.8. The third-order valence-corrected chi connectivity index (χ3v) is 5.82. The molecule has 144 valence electrons. The lowest BCUT2D eigenvalue weighted by atomic mass is 10.0. The molecule has 0 fully saturated rings. The van der Waals surface area contributed by atoms with E-state index in [9.17, 15) is 4.79 Å². The zero-order chi connectivity index (χ0) is 20.1. The average Bonchev–Trinajstić information content (AvgIpc) is 3.22. The molecule has 1 amide bonds. The molecule has 29 heavy (non-hydrogen) atoms. The summed E-state index contributed by atoms with van der Waals surface area (Å²) in [5.74, 6) is -0.0874. The summed E-state index contributed by atoms with van der Waals surface area (Å²) in [4.78, 5) is 21.9. The Hall–Kier alpha value is -2.83. The number of pyridine rings is 1. The topological polar surface area (TPSA) is 54.9 Å². The Labute approximate surface area is 181 Å². The van der Waals surface area contributed by atoms with Crippen molar-refractivity contribution in [3.05, 3.63) is 106 Å². The average molecular weight is 464 g/mol. The van der Waals surface area contributed by atoms with Crippen molar-refractivity contribution in [1.82, 2.24) is 15.3 Å². The lowest BCUT2D eigenvalue weighted by molar-refractivity contribution is -0.121. The molecule has 0 saturated heterocycles. The van der Waals surface area contributed by atoms with Gasteiger partial charge >= 0.3 is 0 Å². The van der Waals surface area contributed by atoms with Gasteiger partial charge in [-0.25, -0.2) is 4.98 Å². The van der Waals surface area contributed by atoms with Crippen molar-refractivity contribution in [2.75, 3.05) is 0 Å². The van der Waals surface area contributed by atoms with Crippen LogP contribution in [0.1, 0.15) is 23.0 Å². The minimum Gasteiger partial charge on any atom is -0.343 e. The van der Waals surface area contributed by atoms with Gasteiger partial charge in [0.25, 0.3) is 0 Å². The zero-order valence-electron chi connectivity index (χ0n) is 15.5. The van der Waals surface area contributed by atoms with Crippen LogP contribution in [0.4, 0.5) is 0 Å². The molecule has 2 heterocycles. The molecule has 2 aromatic carbocycles. The first kappa shape index (κ1) is 19.5. The van der Waals surface area contributed by atoms with Crippen LogP contribution in [0.25, 0.3) is 10.6 Å². The number of rotatable bonds is 6. The van der Waals surface area contributed by atoms with E-state index < -0.39 is 0 Å². The molecular formula is C23H18BrN3OS. The van der Waals surface area contributed by atoms with Crippen LogP contribution in [-0.2, 0) is 11.2 Å². The fourth-order valence-electron chi connectivity index (χ4n) is 3.04. The second-order valence-electron chi connectivity index (χ2n) is 6.50. The van der Waals surface area contributed by atoms with Crippen LogP contribution in [0.2, 0.25) is 0 Å². The molecule has 1 unspecified atom stereocenters. The second kappa shape index (κ2) is 9.11. The zero-order valence-corrected chi connectivity index (χ0v) is 17.9. The van der Waals surface area contributed by atoms with Crippen molar-refractivity contribution >= 4 is 33.2 Å². The highest BCUT2D eigenvalue weighted by molar-refractivity contribution is 9.10. The minimum atomic E-state index is -0.298. The molecule has 0 bridgehead atoms. The van der Waals surface area contributed by atoms with Crippen LogP contribution in [0.15, 0.2) is 88.8 Å². The van der Waals surface area contributed by atoms with Crippen LogP contribution in [0, 0.1) is 0 Å². The van der Waals surface area contributed by atoms with Gasteiger partial charge in [-0.1, -0.05) is 64.5 Å². The Morgan fingerprint density at radius 2 is 1.86 bits per heavy atom. The highest BCUT2D eigenvalue weighted by Gasteiger charge is 2.19. The lowest BCUT2D eigenvalue weighted by Crippen LogP contribution is -2.31. The summed E-state index contributed by atoms with van der Waals surface area (Å²) in [6, 6.07) is 23.3. The molecular weight excluding hydrogens is 446 g/mol. The van der Waals surface area contributed by atoms with Crippen LogP contribution >= 0.6 is 27.3 Å². The third-order valence-electron chi connectivity index (χ3n) is 4.39. The molecule has 6 heteroatoms. The minimum absolute atomic E-state index is 0.0874. The number of hydrogen-bond donors (Lipinski definition) is 1. The van der Waals surface area contributed by atoms with Crippen molar-refractivity contribution in [2.24, 2.45) is 0 Å². The molecule has 0 aliphatic rings. The van der Waals surface area contributed by atoms with Crippen molar-refractivity contribution in [1.29, 1.82) is 0 Å². The molecule has 0 saturated carbocycles. The van der Waals surface area contributed by atoms with Gasteiger partial charge in [0, 0.05) is 21.6 Å². The third kappa shape index (κ3) is 4.96. The lowest BCUT2D eigenvalue weighted by Gasteiger charge is -2.18. The van der Waals surface area contributed by atoms with Gasteiger partial charge in [0.15, 0.2) is 0 Å². The number of nitrogens with one attached hydrogen (secondary N) is 1. The Bertz CT molecular complexity index is 1060. The van der Waals surface area contributed by atoms with Crippen LogP contribution in [0.3, 0.4) is 0 Å². The Morgan fingerprint density at radius 1 is 1.03 bits per heavy atom. The van der Waals surface area contributed by atoms with E-state index in [1.165, 1.54) is 0 Å². The number of halogens is 1. The van der Waals surface area contributed by atoms with Gasteiger partial charge in [0.1, 0.15) is 5.01 Å². The number of nitrogens with zero attached hydrogens (tertiary/aromatic N) is 2. The fraction of sp³-hybridized carbons (Fsp3) is 0.0870. The summed E-state index contributed by atoms with van der Waals surface area (Å²) in [6.07, 6.45) is 1.96. The molecule has 4 rings (SSSR count). The van der Waals surface area contributed by atoms with E-state index in [2.05, 4.69) is 31.2 Å². The predicted molar refractivity (Wildman–Crippen MR) is 120 cm³/mol. The molecule has 4 aromatic rings. The first-order valence-electron chi connectivity index (χ1n) is 9.14. The van der Waals surface area contributed by atoms with Crippen molar-refractivity contribution in [3.8, 4) is 10.6 Å². The number of benzene rings is 2. The summed E-state index contributed by atoms with van der Waals surface area (Å²) < 4.78 is 1.01. The highest BCUT2D eigenvalue weighted by Crippen LogP contribution is 2.26. The van der Waals surface area contributed by atoms with Gasteiger partial charge in [0.2, 0.25) is 5.91 Å². The SMILES string of the molecule is O=C(Cc1csc(-c2cccc(Br)c2)n1)NC(c1ccccc1)c1ccccn1. The summed E-state index contributed by atoms with van der Waals surface area (Å²) in [7, 11) is 0. The molecule has 0 aliphatic carbocycles. The van der Waals surface area contributed by atoms with Gasteiger partial charge in [-0.3, -0.25) is 9.78 Å². The summed E-state index contributed by atoms with van der Waals surface area (Å²) in [5, 5.41) is 5.95. The molecule has 1 N–H and O–H groups in total. The predicted octanol–water partition coefficient (Wildman–Crippen LogP) is 5.42. The summed E-state index contributed by atoms with van der Waals surface area (Å²) in [5.41, 5.74) is 3.59. The number of hydrogen-bond acceptors (Lipinski definition) is 4. The van der Waals surface area contributed by atoms with E-state index in [1.54, 1.807) is 17.5 Å². The van der Waals surface area contributed by atoms with Gasteiger partial charge in [0.05, 0.1) is 23.9 Å². The van der Waals surface area contributed by atoms with Crippen molar-refractivity contribution in [2.45, 2.75) is 12.5 Å². The quantitative estimate of drug-likeness (QED) is 0.415. The van der Waals surface area contributed by atoms with E-state index in [0.717, 1.165) is 32.0 Å². The summed E-state index contributed by atoms with van der Waals surface area (Å²) >= 11 is 5.03. The fourth-order valence-corrected chi connectivity index (χ4v) is 4.25. The normalized spacial score (nSPS) is 11.8. The Balaban J connectivity index is 1.50. The molecule has 1 atom stereocenters. The smallest absolute Gasteiger partial charge is 0.226 e. The van der Waals surface area contributed by atoms with Crippen LogP contribution in [-0.4, -0.2) is 15.9 Å². The first-order valence-corrected chi connectivity index (χ1v) is 10.8. The molecule has 4 nitrogen and oxygen atoms in total. The largest absolute Gasteiger partial charge is 0.343 e. The van der Waals surface area contributed by atoms with E-state index in [-0.39, 0.29) is 18.4 Å². The number of amides is 1. The van der Waals surface area contributed by atoms with Gasteiger partial charge in [-0.15, -0.1) is 11.3 Å². The van der Waals surface area contributed by atoms with E-state index in [1.807, 2.05) is 78.2 Å². The Kier molecular flexibility index (Phi) is 6.12. The number of carbonyl (C=O) groups excluding carboxylic acids is 1. The number of carbonyl (C=O) groups is 1. The monoisotopic (exact) mass is 463 g/mol. The maximum atomic E-state index is 12.8.